The average Bonchev–Trinajstić information content (AvgIpc) is 2.79. The summed E-state index contributed by atoms with van der Waals surface area (Å²) >= 11 is 1.35. The first kappa shape index (κ1) is 12.8. The lowest BCUT2D eigenvalue weighted by Gasteiger charge is -2.23. The van der Waals surface area contributed by atoms with Gasteiger partial charge < -0.3 is 9.64 Å². The van der Waals surface area contributed by atoms with Crippen LogP contribution in [-0.4, -0.2) is 43.5 Å². The molecule has 102 valence electrons. The Morgan fingerprint density at radius 3 is 2.63 bits per heavy atom. The van der Waals surface area contributed by atoms with E-state index >= 15 is 0 Å². The summed E-state index contributed by atoms with van der Waals surface area (Å²) in [6.07, 6.45) is 0. The summed E-state index contributed by atoms with van der Waals surface area (Å²) < 4.78 is 28.5. The standard InChI is InChI=1S/C12H14N2O3S2/c1-17-9-4-2-8(3-5-9)14-10-6-19(15,16)7-11(10)18-12(14)13/h2-5,10-11,13H,6-7H2,1H3. The van der Waals surface area contributed by atoms with Gasteiger partial charge >= 0.3 is 0 Å². The van der Waals surface area contributed by atoms with Crippen molar-refractivity contribution in [1.29, 1.82) is 5.41 Å². The van der Waals surface area contributed by atoms with Crippen LogP contribution in [0.25, 0.3) is 0 Å². The third-order valence-electron chi connectivity index (χ3n) is 3.44. The maximum Gasteiger partial charge on any atom is 0.161 e. The van der Waals surface area contributed by atoms with E-state index in [1.807, 2.05) is 29.2 Å². The van der Waals surface area contributed by atoms with Crippen molar-refractivity contribution in [3.63, 3.8) is 0 Å². The molecule has 19 heavy (non-hydrogen) atoms. The maximum atomic E-state index is 11.7. The predicted molar refractivity (Wildman–Crippen MR) is 77.0 cm³/mol. The fraction of sp³-hybridized carbons (Fsp3) is 0.417. The van der Waals surface area contributed by atoms with Gasteiger partial charge in [-0.25, -0.2) is 8.42 Å². The van der Waals surface area contributed by atoms with Gasteiger partial charge in [0, 0.05) is 10.9 Å². The van der Waals surface area contributed by atoms with Gasteiger partial charge in [0.15, 0.2) is 15.0 Å². The van der Waals surface area contributed by atoms with E-state index in [0.29, 0.717) is 5.17 Å². The summed E-state index contributed by atoms with van der Waals surface area (Å²) in [5.74, 6) is 1.06. The quantitative estimate of drug-likeness (QED) is 0.892. The van der Waals surface area contributed by atoms with Crippen LogP contribution in [0.15, 0.2) is 24.3 Å². The first-order valence-corrected chi connectivity index (χ1v) is 8.59. The molecular formula is C12H14N2O3S2. The number of thioether (sulfide) groups is 1. The lowest BCUT2D eigenvalue weighted by atomic mass is 10.2. The van der Waals surface area contributed by atoms with Gasteiger partial charge in [-0.1, -0.05) is 11.8 Å². The Morgan fingerprint density at radius 2 is 2.00 bits per heavy atom. The third-order valence-corrected chi connectivity index (χ3v) is 6.57. The Hall–Kier alpha value is -1.21. The van der Waals surface area contributed by atoms with Crippen molar-refractivity contribution in [2.45, 2.75) is 11.3 Å². The summed E-state index contributed by atoms with van der Waals surface area (Å²) in [6.45, 7) is 0. The summed E-state index contributed by atoms with van der Waals surface area (Å²) in [7, 11) is -1.37. The number of hydrogen-bond acceptors (Lipinski definition) is 5. The first-order chi connectivity index (χ1) is 9.00. The Labute approximate surface area is 116 Å². The minimum atomic E-state index is -2.97. The summed E-state index contributed by atoms with van der Waals surface area (Å²) in [6, 6.07) is 7.26. The van der Waals surface area contributed by atoms with E-state index in [1.54, 1.807) is 7.11 Å². The number of nitrogens with one attached hydrogen (secondary N) is 1. The van der Waals surface area contributed by atoms with Crippen LogP contribution < -0.4 is 9.64 Å². The molecule has 1 aromatic carbocycles. The van der Waals surface area contributed by atoms with Crippen molar-refractivity contribution in [2.24, 2.45) is 0 Å². The van der Waals surface area contributed by atoms with E-state index in [0.717, 1.165) is 11.4 Å². The van der Waals surface area contributed by atoms with E-state index in [2.05, 4.69) is 0 Å². The molecule has 5 nitrogen and oxygen atoms in total. The summed E-state index contributed by atoms with van der Waals surface area (Å²) in [5, 5.41) is 8.44. The van der Waals surface area contributed by atoms with Gasteiger partial charge in [-0.2, -0.15) is 0 Å². The normalized spacial score (nSPS) is 28.5. The number of fused-ring (bicyclic) bond motifs is 1. The number of methoxy groups -OCH3 is 1. The largest absolute Gasteiger partial charge is 0.497 e. The maximum absolute atomic E-state index is 11.7. The van der Waals surface area contributed by atoms with E-state index < -0.39 is 9.84 Å². The molecule has 0 spiro atoms. The molecule has 2 unspecified atom stereocenters. The smallest absolute Gasteiger partial charge is 0.161 e. The fourth-order valence-corrected chi connectivity index (χ4v) is 6.35. The molecule has 2 heterocycles. The second-order valence-electron chi connectivity index (χ2n) is 4.67. The summed E-state index contributed by atoms with van der Waals surface area (Å²) in [4.78, 5) is 1.82. The minimum absolute atomic E-state index is 0.0143. The molecular weight excluding hydrogens is 284 g/mol. The lowest BCUT2D eigenvalue weighted by molar-refractivity contribution is 0.415. The number of hydrogen-bond donors (Lipinski definition) is 1. The van der Waals surface area contributed by atoms with Crippen LogP contribution in [-0.2, 0) is 9.84 Å². The Kier molecular flexibility index (Phi) is 2.98. The van der Waals surface area contributed by atoms with Crippen LogP contribution in [0.5, 0.6) is 5.75 Å². The van der Waals surface area contributed by atoms with E-state index in [1.165, 1.54) is 11.8 Å². The van der Waals surface area contributed by atoms with Gasteiger partial charge in [0.1, 0.15) is 5.75 Å². The number of benzene rings is 1. The van der Waals surface area contributed by atoms with Crippen LogP contribution in [0.3, 0.4) is 0 Å². The number of rotatable bonds is 2. The molecule has 2 aliphatic heterocycles. The average molecular weight is 298 g/mol. The highest BCUT2D eigenvalue weighted by atomic mass is 32.2. The van der Waals surface area contributed by atoms with Gasteiger partial charge in [-0.15, -0.1) is 0 Å². The topological polar surface area (TPSA) is 70.5 Å². The fourth-order valence-electron chi connectivity index (χ4n) is 2.55. The number of nitrogens with zero attached hydrogens (tertiary/aromatic N) is 1. The van der Waals surface area contributed by atoms with Gasteiger partial charge in [0.05, 0.1) is 24.7 Å². The second-order valence-corrected chi connectivity index (χ2v) is 8.06. The molecule has 2 fully saturated rings. The molecule has 3 rings (SSSR count). The molecule has 0 aliphatic carbocycles. The zero-order valence-electron chi connectivity index (χ0n) is 10.4. The van der Waals surface area contributed by atoms with Crippen molar-refractivity contribution in [2.75, 3.05) is 23.5 Å². The molecule has 0 bridgehead atoms. The van der Waals surface area contributed by atoms with Crippen LogP contribution in [0.1, 0.15) is 0 Å². The van der Waals surface area contributed by atoms with Gasteiger partial charge in [-0.05, 0) is 24.3 Å². The molecule has 2 aliphatic rings. The van der Waals surface area contributed by atoms with E-state index in [-0.39, 0.29) is 22.8 Å². The zero-order chi connectivity index (χ0) is 13.6. The van der Waals surface area contributed by atoms with Crippen LogP contribution in [0, 0.1) is 5.41 Å². The third kappa shape index (κ3) is 2.21. The van der Waals surface area contributed by atoms with Gasteiger partial charge in [0.2, 0.25) is 0 Å². The van der Waals surface area contributed by atoms with Gasteiger partial charge in [0.25, 0.3) is 0 Å². The van der Waals surface area contributed by atoms with E-state index in [4.69, 9.17) is 10.1 Å². The molecule has 0 amide bonds. The zero-order valence-corrected chi connectivity index (χ0v) is 12.0. The highest BCUT2D eigenvalue weighted by Crippen LogP contribution is 2.40. The van der Waals surface area contributed by atoms with Gasteiger partial charge in [-0.3, -0.25) is 5.41 Å². The number of amidine groups is 1. The molecule has 0 aromatic heterocycles. The molecule has 1 N–H and O–H groups in total. The van der Waals surface area contributed by atoms with Crippen LogP contribution in [0.4, 0.5) is 5.69 Å². The Morgan fingerprint density at radius 1 is 1.32 bits per heavy atom. The molecule has 0 radical (unpaired) electrons. The number of anilines is 1. The predicted octanol–water partition coefficient (Wildman–Crippen LogP) is 1.35. The monoisotopic (exact) mass is 298 g/mol. The van der Waals surface area contributed by atoms with Crippen molar-refractivity contribution >= 4 is 32.5 Å². The molecule has 7 heteroatoms. The molecule has 2 atom stereocenters. The Balaban J connectivity index is 1.92. The van der Waals surface area contributed by atoms with Crippen molar-refractivity contribution < 1.29 is 13.2 Å². The number of sulfone groups is 1. The van der Waals surface area contributed by atoms with Crippen molar-refractivity contribution in [1.82, 2.24) is 0 Å². The molecule has 0 saturated carbocycles. The lowest BCUT2D eigenvalue weighted by Crippen LogP contribution is -2.37. The minimum Gasteiger partial charge on any atom is -0.497 e. The van der Waals surface area contributed by atoms with E-state index in [9.17, 15) is 8.42 Å². The Bertz CT molecular complexity index is 612. The van der Waals surface area contributed by atoms with Crippen LogP contribution >= 0.6 is 11.8 Å². The van der Waals surface area contributed by atoms with Crippen molar-refractivity contribution in [3.05, 3.63) is 24.3 Å². The second kappa shape index (κ2) is 4.42. The summed E-state index contributed by atoms with van der Waals surface area (Å²) in [5.41, 5.74) is 0.850. The van der Waals surface area contributed by atoms with Crippen molar-refractivity contribution in [3.8, 4) is 5.75 Å². The molecule has 2 saturated heterocycles. The highest BCUT2D eigenvalue weighted by molar-refractivity contribution is 8.15. The SMILES string of the molecule is COc1ccc(N2C(=N)SC3CS(=O)(=O)CC32)cc1. The molecule has 1 aromatic rings. The van der Waals surface area contributed by atoms with Crippen LogP contribution in [0.2, 0.25) is 0 Å². The highest BCUT2D eigenvalue weighted by Gasteiger charge is 2.48. The first-order valence-electron chi connectivity index (χ1n) is 5.89. The number of ether oxygens (including phenoxy) is 1.